The molecule has 0 saturated heterocycles. The van der Waals surface area contributed by atoms with Crippen LogP contribution in [0.15, 0.2) is 194 Å². The molecular weight excluding hydrogens is 745 g/mol. The maximum Gasteiger partial charge on any atom is 0.160 e. The van der Waals surface area contributed by atoms with Gasteiger partial charge in [0.05, 0.1) is 11.4 Å². The summed E-state index contributed by atoms with van der Waals surface area (Å²) in [5.74, 6) is 0.714. The first-order chi connectivity index (χ1) is 29.5. The molecular formula is C57H38N2S. The second-order valence-corrected chi connectivity index (χ2v) is 17.6. The molecule has 0 atom stereocenters. The molecule has 11 aromatic rings. The van der Waals surface area contributed by atoms with Gasteiger partial charge in [0.15, 0.2) is 5.82 Å². The fourth-order valence-corrected chi connectivity index (χ4v) is 10.8. The number of rotatable bonds is 5. The minimum Gasteiger partial charge on any atom is -0.228 e. The van der Waals surface area contributed by atoms with Gasteiger partial charge in [-0.1, -0.05) is 172 Å². The highest BCUT2D eigenvalue weighted by molar-refractivity contribution is 7.25. The summed E-state index contributed by atoms with van der Waals surface area (Å²) in [6.07, 6.45) is 0. The Balaban J connectivity index is 1.05. The molecule has 0 saturated carbocycles. The summed E-state index contributed by atoms with van der Waals surface area (Å²) in [5.41, 5.74) is 14.9. The van der Waals surface area contributed by atoms with Crippen LogP contribution >= 0.6 is 11.3 Å². The van der Waals surface area contributed by atoms with Crippen molar-refractivity contribution in [2.45, 2.75) is 19.3 Å². The third-order valence-corrected chi connectivity index (χ3v) is 13.9. The lowest BCUT2D eigenvalue weighted by molar-refractivity contribution is 0.661. The minimum atomic E-state index is -0.158. The Morgan fingerprint density at radius 3 is 1.80 bits per heavy atom. The van der Waals surface area contributed by atoms with Crippen molar-refractivity contribution in [3.05, 3.63) is 205 Å². The summed E-state index contributed by atoms with van der Waals surface area (Å²) in [6, 6.07) is 70.7. The van der Waals surface area contributed by atoms with Crippen LogP contribution in [0.5, 0.6) is 0 Å². The Hall–Kier alpha value is -7.20. The SMILES string of the molecule is CC1(C)c2cc3ccccc3cc2-c2c(-c3cc(-c4ccc(-c5ccccc5-c5ccc6sc7ccccc7c6c5)c5ccccc45)nc(-c4ccccc4)n3)cccc21. The van der Waals surface area contributed by atoms with Gasteiger partial charge in [-0.25, -0.2) is 9.97 Å². The van der Waals surface area contributed by atoms with Gasteiger partial charge >= 0.3 is 0 Å². The standard InChI is InChI=1S/C57H38N2S/c1-57(2)49-25-14-24-46(55(49)48-31-36-17-6-7-18-37(36)33-50(48)57)52-34-51(58-56(59-52)35-15-4-3-5-16-35)44-29-28-43(41-21-10-11-22-42(41)44)40-20-9-8-19-39(40)38-27-30-54-47(32-38)45-23-12-13-26-53(45)60-54/h3-34H,1-2H3. The monoisotopic (exact) mass is 782 g/mol. The van der Waals surface area contributed by atoms with E-state index in [9.17, 15) is 0 Å². The maximum atomic E-state index is 5.38. The summed E-state index contributed by atoms with van der Waals surface area (Å²) in [6.45, 7) is 4.70. The fourth-order valence-electron chi connectivity index (χ4n) is 9.75. The normalized spacial score (nSPS) is 13.0. The molecule has 2 aromatic heterocycles. The van der Waals surface area contributed by atoms with Crippen LogP contribution < -0.4 is 0 Å². The molecule has 60 heavy (non-hydrogen) atoms. The Morgan fingerprint density at radius 1 is 0.367 bits per heavy atom. The number of hydrogen-bond acceptors (Lipinski definition) is 3. The molecule has 0 N–H and O–H groups in total. The van der Waals surface area contributed by atoms with E-state index in [-0.39, 0.29) is 5.41 Å². The first-order valence-electron chi connectivity index (χ1n) is 20.6. The molecule has 12 rings (SSSR count). The van der Waals surface area contributed by atoms with E-state index in [1.807, 2.05) is 17.4 Å². The molecule has 0 spiro atoms. The van der Waals surface area contributed by atoms with E-state index in [1.54, 1.807) is 0 Å². The molecule has 1 aliphatic rings. The first kappa shape index (κ1) is 34.8. The molecule has 2 nitrogen and oxygen atoms in total. The van der Waals surface area contributed by atoms with Crippen LogP contribution in [0, 0.1) is 0 Å². The number of fused-ring (bicyclic) bond motifs is 8. The van der Waals surface area contributed by atoms with Crippen LogP contribution in [0.1, 0.15) is 25.0 Å². The van der Waals surface area contributed by atoms with E-state index < -0.39 is 0 Å². The number of thiophene rings is 1. The number of hydrogen-bond donors (Lipinski definition) is 0. The van der Waals surface area contributed by atoms with Gasteiger partial charge in [-0.2, -0.15) is 0 Å². The van der Waals surface area contributed by atoms with Crippen molar-refractivity contribution in [1.82, 2.24) is 9.97 Å². The quantitative estimate of drug-likeness (QED) is 0.174. The Kier molecular flexibility index (Phi) is 7.79. The van der Waals surface area contributed by atoms with E-state index >= 15 is 0 Å². The summed E-state index contributed by atoms with van der Waals surface area (Å²) in [4.78, 5) is 10.7. The van der Waals surface area contributed by atoms with Crippen molar-refractivity contribution >= 4 is 53.1 Å². The van der Waals surface area contributed by atoms with E-state index in [1.165, 1.54) is 80.8 Å². The van der Waals surface area contributed by atoms with Crippen molar-refractivity contribution in [1.29, 1.82) is 0 Å². The van der Waals surface area contributed by atoms with Gasteiger partial charge in [0.25, 0.3) is 0 Å². The van der Waals surface area contributed by atoms with Crippen LogP contribution in [0.4, 0.5) is 0 Å². The highest BCUT2D eigenvalue weighted by atomic mass is 32.1. The third-order valence-electron chi connectivity index (χ3n) is 12.7. The second-order valence-electron chi connectivity index (χ2n) is 16.5. The van der Waals surface area contributed by atoms with Crippen LogP contribution in [-0.2, 0) is 5.41 Å². The lowest BCUT2D eigenvalue weighted by atomic mass is 9.81. The van der Waals surface area contributed by atoms with Crippen LogP contribution in [-0.4, -0.2) is 9.97 Å². The van der Waals surface area contributed by atoms with Gasteiger partial charge in [0.2, 0.25) is 0 Å². The summed E-state index contributed by atoms with van der Waals surface area (Å²) < 4.78 is 2.63. The Bertz CT molecular complexity index is 3520. The van der Waals surface area contributed by atoms with E-state index in [4.69, 9.17) is 9.97 Å². The third kappa shape index (κ3) is 5.40. The van der Waals surface area contributed by atoms with Gasteiger partial charge < -0.3 is 0 Å². The second kappa shape index (κ2) is 13.4. The van der Waals surface area contributed by atoms with Crippen molar-refractivity contribution in [3.8, 4) is 67.3 Å². The van der Waals surface area contributed by atoms with E-state index in [0.717, 1.165) is 33.5 Å². The molecule has 0 amide bonds. The highest BCUT2D eigenvalue weighted by Gasteiger charge is 2.37. The highest BCUT2D eigenvalue weighted by Crippen LogP contribution is 2.53. The molecule has 1 aliphatic carbocycles. The van der Waals surface area contributed by atoms with Crippen LogP contribution in [0.3, 0.4) is 0 Å². The average molecular weight is 783 g/mol. The molecule has 0 fully saturated rings. The van der Waals surface area contributed by atoms with Crippen LogP contribution in [0.2, 0.25) is 0 Å². The molecule has 0 bridgehead atoms. The predicted molar refractivity (Wildman–Crippen MR) is 255 cm³/mol. The molecule has 0 unspecified atom stereocenters. The Morgan fingerprint density at radius 2 is 0.983 bits per heavy atom. The van der Waals surface area contributed by atoms with E-state index in [0.29, 0.717) is 5.82 Å². The van der Waals surface area contributed by atoms with E-state index in [2.05, 4.69) is 202 Å². The van der Waals surface area contributed by atoms with Crippen LogP contribution in [0.25, 0.3) is 109 Å². The molecule has 282 valence electrons. The van der Waals surface area contributed by atoms with Crippen molar-refractivity contribution in [2.75, 3.05) is 0 Å². The Labute approximate surface area is 353 Å². The van der Waals surface area contributed by atoms with Crippen molar-refractivity contribution in [3.63, 3.8) is 0 Å². The van der Waals surface area contributed by atoms with Gasteiger partial charge in [-0.05, 0) is 102 Å². The van der Waals surface area contributed by atoms with Crippen molar-refractivity contribution < 1.29 is 0 Å². The summed E-state index contributed by atoms with van der Waals surface area (Å²) in [7, 11) is 0. The zero-order valence-electron chi connectivity index (χ0n) is 33.3. The number of aromatic nitrogens is 2. The van der Waals surface area contributed by atoms with Crippen molar-refractivity contribution in [2.24, 2.45) is 0 Å². The summed E-state index contributed by atoms with van der Waals surface area (Å²) in [5, 5.41) is 7.48. The fraction of sp³-hybridized carbons (Fsp3) is 0.0526. The predicted octanol–water partition coefficient (Wildman–Crippen LogP) is 15.8. The molecule has 9 aromatic carbocycles. The zero-order valence-corrected chi connectivity index (χ0v) is 34.1. The number of nitrogens with zero attached hydrogens (tertiary/aromatic N) is 2. The van der Waals surface area contributed by atoms with Gasteiger partial charge in [0, 0.05) is 42.3 Å². The average Bonchev–Trinajstić information content (AvgIpc) is 3.79. The molecule has 0 aliphatic heterocycles. The molecule has 3 heteroatoms. The lowest BCUT2D eigenvalue weighted by Crippen LogP contribution is -2.14. The first-order valence-corrected chi connectivity index (χ1v) is 21.5. The topological polar surface area (TPSA) is 25.8 Å². The molecule has 2 heterocycles. The molecule has 0 radical (unpaired) electrons. The van der Waals surface area contributed by atoms with Gasteiger partial charge in [0.1, 0.15) is 0 Å². The van der Waals surface area contributed by atoms with Gasteiger partial charge in [-0.3, -0.25) is 0 Å². The zero-order chi connectivity index (χ0) is 40.0. The summed E-state index contributed by atoms with van der Waals surface area (Å²) >= 11 is 1.86. The maximum absolute atomic E-state index is 5.38. The lowest BCUT2D eigenvalue weighted by Gasteiger charge is -2.22. The van der Waals surface area contributed by atoms with Gasteiger partial charge in [-0.15, -0.1) is 11.3 Å². The smallest absolute Gasteiger partial charge is 0.160 e. The number of benzene rings is 9. The largest absolute Gasteiger partial charge is 0.228 e. The minimum absolute atomic E-state index is 0.158.